The first-order valence-electron chi connectivity index (χ1n) is 5.80. The van der Waals surface area contributed by atoms with Crippen molar-refractivity contribution >= 4 is 41.1 Å². The van der Waals surface area contributed by atoms with Crippen molar-refractivity contribution in [3.8, 4) is 0 Å². The largest absolute Gasteiger partial charge is 0.478 e. The third-order valence-electron chi connectivity index (χ3n) is 2.75. The quantitative estimate of drug-likeness (QED) is 0.701. The minimum absolute atomic E-state index is 0.0421. The number of amides is 4. The molecule has 2 rings (SSSR count). The molecule has 1 saturated heterocycles. The number of nitrogens with one attached hydrogen (secondary N) is 2. The van der Waals surface area contributed by atoms with Gasteiger partial charge in [0.25, 0.3) is 5.91 Å². The normalized spacial score (nSPS) is 14.0. The number of para-hydroxylation sites is 1. The molecule has 1 aromatic carbocycles. The molecule has 4 amide bonds. The van der Waals surface area contributed by atoms with Crippen LogP contribution in [-0.4, -0.2) is 46.9 Å². The molecule has 0 atom stereocenters. The van der Waals surface area contributed by atoms with Crippen molar-refractivity contribution < 1.29 is 24.3 Å². The van der Waals surface area contributed by atoms with E-state index in [4.69, 9.17) is 16.7 Å². The molecule has 1 fully saturated rings. The summed E-state index contributed by atoms with van der Waals surface area (Å²) in [4.78, 5) is 46.3. The van der Waals surface area contributed by atoms with Gasteiger partial charge >= 0.3 is 12.0 Å². The molecule has 8 nitrogen and oxygen atoms in total. The van der Waals surface area contributed by atoms with Crippen molar-refractivity contribution in [3.05, 3.63) is 28.8 Å². The summed E-state index contributed by atoms with van der Waals surface area (Å²) >= 11 is 5.85. The molecule has 1 aliphatic rings. The summed E-state index contributed by atoms with van der Waals surface area (Å²) in [6.45, 7) is -0.687. The Kier molecular flexibility index (Phi) is 4.08. The average Bonchev–Trinajstić information content (AvgIpc) is 2.72. The highest BCUT2D eigenvalue weighted by atomic mass is 35.5. The van der Waals surface area contributed by atoms with Crippen molar-refractivity contribution in [1.82, 2.24) is 10.2 Å². The lowest BCUT2D eigenvalue weighted by molar-refractivity contribution is -0.128. The molecule has 0 saturated carbocycles. The predicted molar refractivity (Wildman–Crippen MR) is 72.2 cm³/mol. The Labute approximate surface area is 123 Å². The second-order valence-corrected chi connectivity index (χ2v) is 4.56. The van der Waals surface area contributed by atoms with E-state index in [1.54, 1.807) is 0 Å². The fourth-order valence-electron chi connectivity index (χ4n) is 1.77. The summed E-state index contributed by atoms with van der Waals surface area (Å²) in [5, 5.41) is 13.6. The van der Waals surface area contributed by atoms with E-state index in [2.05, 4.69) is 10.6 Å². The van der Waals surface area contributed by atoms with Crippen LogP contribution in [0.25, 0.3) is 0 Å². The van der Waals surface area contributed by atoms with Gasteiger partial charge in [-0.3, -0.25) is 14.5 Å². The van der Waals surface area contributed by atoms with Gasteiger partial charge in [-0.25, -0.2) is 9.59 Å². The summed E-state index contributed by atoms with van der Waals surface area (Å²) in [7, 11) is 0. The van der Waals surface area contributed by atoms with E-state index >= 15 is 0 Å². The van der Waals surface area contributed by atoms with Crippen LogP contribution in [0.1, 0.15) is 10.4 Å². The van der Waals surface area contributed by atoms with Gasteiger partial charge in [0.05, 0.1) is 22.8 Å². The minimum Gasteiger partial charge on any atom is -0.478 e. The number of nitrogens with zero attached hydrogens (tertiary/aromatic N) is 1. The molecule has 1 aliphatic heterocycles. The molecule has 0 aliphatic carbocycles. The second-order valence-electron chi connectivity index (χ2n) is 4.15. The van der Waals surface area contributed by atoms with Crippen LogP contribution in [0.3, 0.4) is 0 Å². The average molecular weight is 312 g/mol. The van der Waals surface area contributed by atoms with Gasteiger partial charge in [0.2, 0.25) is 5.91 Å². The monoisotopic (exact) mass is 311 g/mol. The van der Waals surface area contributed by atoms with Gasteiger partial charge in [0, 0.05) is 0 Å². The van der Waals surface area contributed by atoms with Crippen molar-refractivity contribution in [2.75, 3.05) is 18.4 Å². The Morgan fingerprint density at radius 2 is 2.10 bits per heavy atom. The zero-order valence-corrected chi connectivity index (χ0v) is 11.3. The maximum absolute atomic E-state index is 11.9. The van der Waals surface area contributed by atoms with E-state index in [1.165, 1.54) is 18.2 Å². The number of aromatic carboxylic acids is 1. The van der Waals surface area contributed by atoms with Crippen molar-refractivity contribution in [3.63, 3.8) is 0 Å². The number of carboxylic acids is 1. The topological polar surface area (TPSA) is 116 Å². The Morgan fingerprint density at radius 1 is 1.38 bits per heavy atom. The van der Waals surface area contributed by atoms with Crippen LogP contribution < -0.4 is 10.6 Å². The molecule has 0 spiro atoms. The van der Waals surface area contributed by atoms with Gasteiger partial charge in [-0.1, -0.05) is 17.7 Å². The molecule has 3 N–H and O–H groups in total. The van der Waals surface area contributed by atoms with Gasteiger partial charge in [-0.2, -0.15) is 0 Å². The van der Waals surface area contributed by atoms with Gasteiger partial charge in [-0.05, 0) is 12.1 Å². The van der Waals surface area contributed by atoms with Crippen molar-refractivity contribution in [2.45, 2.75) is 0 Å². The number of benzene rings is 1. The summed E-state index contributed by atoms with van der Waals surface area (Å²) in [5.41, 5.74) is -0.267. The Balaban J connectivity index is 2.15. The van der Waals surface area contributed by atoms with Gasteiger partial charge in [0.1, 0.15) is 6.54 Å². The Morgan fingerprint density at radius 3 is 2.67 bits per heavy atom. The zero-order chi connectivity index (χ0) is 15.6. The molecule has 0 aromatic heterocycles. The number of hydrogen-bond donors (Lipinski definition) is 3. The first kappa shape index (κ1) is 14.8. The third-order valence-corrected chi connectivity index (χ3v) is 3.06. The lowest BCUT2D eigenvalue weighted by Gasteiger charge is -2.14. The van der Waals surface area contributed by atoms with Crippen LogP contribution in [0.4, 0.5) is 10.5 Å². The van der Waals surface area contributed by atoms with Crippen molar-refractivity contribution in [1.29, 1.82) is 0 Å². The third kappa shape index (κ3) is 3.11. The van der Waals surface area contributed by atoms with Crippen LogP contribution in [-0.2, 0) is 9.59 Å². The van der Waals surface area contributed by atoms with E-state index in [-0.39, 0.29) is 22.8 Å². The van der Waals surface area contributed by atoms with E-state index in [9.17, 15) is 19.2 Å². The van der Waals surface area contributed by atoms with Gasteiger partial charge in [-0.15, -0.1) is 0 Å². The maximum atomic E-state index is 11.9. The SMILES string of the molecule is O=C(CN1C(=O)CNC1=O)Nc1c(Cl)cccc1C(=O)O. The highest BCUT2D eigenvalue weighted by Gasteiger charge is 2.30. The maximum Gasteiger partial charge on any atom is 0.337 e. The number of rotatable bonds is 4. The molecule has 0 radical (unpaired) electrons. The van der Waals surface area contributed by atoms with E-state index in [0.29, 0.717) is 0 Å². The van der Waals surface area contributed by atoms with Crippen molar-refractivity contribution in [2.24, 2.45) is 0 Å². The highest BCUT2D eigenvalue weighted by Crippen LogP contribution is 2.26. The number of imide groups is 1. The van der Waals surface area contributed by atoms with E-state index < -0.39 is 30.4 Å². The first-order chi connectivity index (χ1) is 9.90. The number of anilines is 1. The molecule has 0 unspecified atom stereocenters. The van der Waals surface area contributed by atoms with E-state index in [0.717, 1.165) is 4.90 Å². The zero-order valence-electron chi connectivity index (χ0n) is 10.6. The van der Waals surface area contributed by atoms with Crippen LogP contribution in [0, 0.1) is 0 Å². The summed E-state index contributed by atoms with van der Waals surface area (Å²) in [5.74, 6) is -2.52. The van der Waals surface area contributed by atoms with Crippen LogP contribution >= 0.6 is 11.6 Å². The van der Waals surface area contributed by atoms with Crippen LogP contribution in [0.15, 0.2) is 18.2 Å². The number of hydrogen-bond acceptors (Lipinski definition) is 4. The molecule has 1 heterocycles. The number of carbonyl (C=O) groups excluding carboxylic acids is 3. The fourth-order valence-corrected chi connectivity index (χ4v) is 1.99. The molecule has 9 heteroatoms. The second kappa shape index (κ2) is 5.80. The summed E-state index contributed by atoms with van der Waals surface area (Å²) < 4.78 is 0. The first-order valence-corrected chi connectivity index (χ1v) is 6.18. The standard InChI is InChI=1S/C12H10ClN3O5/c13-7-3-1-2-6(11(19)20)10(7)15-8(17)5-16-9(18)4-14-12(16)21/h1-3H,4-5H2,(H,14,21)(H,15,17)(H,19,20). The molecule has 21 heavy (non-hydrogen) atoms. The summed E-state index contributed by atoms with van der Waals surface area (Å²) in [6, 6.07) is 3.45. The fraction of sp³-hybridized carbons (Fsp3) is 0.167. The lowest BCUT2D eigenvalue weighted by Crippen LogP contribution is -2.38. The number of carboxylic acid groups (broad SMARTS) is 1. The highest BCUT2D eigenvalue weighted by molar-refractivity contribution is 6.34. The van der Waals surface area contributed by atoms with Gasteiger partial charge < -0.3 is 15.7 Å². The van der Waals surface area contributed by atoms with Crippen LogP contribution in [0.5, 0.6) is 0 Å². The van der Waals surface area contributed by atoms with E-state index in [1.807, 2.05) is 0 Å². The van der Waals surface area contributed by atoms with Gasteiger partial charge in [0.15, 0.2) is 0 Å². The molecule has 110 valence electrons. The Hall–Kier alpha value is -2.61. The number of halogens is 1. The number of carbonyl (C=O) groups is 4. The smallest absolute Gasteiger partial charge is 0.337 e. The molecule has 0 bridgehead atoms. The minimum atomic E-state index is -1.26. The number of urea groups is 1. The van der Waals surface area contributed by atoms with Crippen LogP contribution in [0.2, 0.25) is 5.02 Å². The molecule has 1 aromatic rings. The Bertz CT molecular complexity index is 630. The molecular formula is C12H10ClN3O5. The lowest BCUT2D eigenvalue weighted by atomic mass is 10.2. The predicted octanol–water partition coefficient (Wildman–Crippen LogP) is 0.528. The molecular weight excluding hydrogens is 302 g/mol. The summed E-state index contributed by atoms with van der Waals surface area (Å²) in [6.07, 6.45) is 0.